The second-order valence-electron chi connectivity index (χ2n) is 4.43. The van der Waals surface area contributed by atoms with Crippen LogP contribution in [-0.2, 0) is 0 Å². The summed E-state index contributed by atoms with van der Waals surface area (Å²) in [6.07, 6.45) is 14.2. The van der Waals surface area contributed by atoms with Crippen LogP contribution in [-0.4, -0.2) is 23.0 Å². The van der Waals surface area contributed by atoms with Crippen LogP contribution in [0.1, 0.15) is 19.3 Å². The molecular weight excluding hydrogens is 230 g/mol. The molecule has 0 saturated heterocycles. The Morgan fingerprint density at radius 3 is 1.00 bits per heavy atom. The van der Waals surface area contributed by atoms with E-state index in [4.69, 9.17) is 0 Å². The zero-order valence-electron chi connectivity index (χ0n) is 12.0. The second-order valence-corrected chi connectivity index (χ2v) is 4.43. The Kier molecular flexibility index (Phi) is 9.46. The van der Waals surface area contributed by atoms with E-state index in [1.165, 1.54) is 0 Å². The van der Waals surface area contributed by atoms with Crippen LogP contribution >= 0.6 is 0 Å². The van der Waals surface area contributed by atoms with E-state index in [9.17, 15) is 0 Å². The highest BCUT2D eigenvalue weighted by atomic mass is 15.2. The van der Waals surface area contributed by atoms with Crippen molar-refractivity contribution in [2.75, 3.05) is 0 Å². The maximum Gasteiger partial charge on any atom is 0.0322 e. The van der Waals surface area contributed by atoms with E-state index in [1.807, 2.05) is 36.5 Å². The molecule has 0 aromatic rings. The van der Waals surface area contributed by atoms with Gasteiger partial charge in [-0.25, -0.2) is 0 Å². The van der Waals surface area contributed by atoms with Gasteiger partial charge in [0.15, 0.2) is 0 Å². The van der Waals surface area contributed by atoms with Crippen molar-refractivity contribution in [2.24, 2.45) is 0 Å². The van der Waals surface area contributed by atoms with Gasteiger partial charge >= 0.3 is 0 Å². The van der Waals surface area contributed by atoms with Gasteiger partial charge in [0.1, 0.15) is 0 Å². The van der Waals surface area contributed by atoms with Crippen LogP contribution in [0.5, 0.6) is 0 Å². The molecule has 3 unspecified atom stereocenters. The first kappa shape index (κ1) is 17.4. The molecule has 19 heavy (non-hydrogen) atoms. The number of hydrogen-bond donors (Lipinski definition) is 0. The van der Waals surface area contributed by atoms with Crippen molar-refractivity contribution in [3.05, 3.63) is 75.9 Å². The predicted octanol–water partition coefficient (Wildman–Crippen LogP) is 4.68. The summed E-state index contributed by atoms with van der Waals surface area (Å²) in [6, 6.07) is 0.634. The Morgan fingerprint density at radius 2 is 0.842 bits per heavy atom. The zero-order chi connectivity index (χ0) is 14.7. The van der Waals surface area contributed by atoms with Crippen molar-refractivity contribution in [1.29, 1.82) is 0 Å². The van der Waals surface area contributed by atoms with Crippen LogP contribution in [0.4, 0.5) is 0 Å². The van der Waals surface area contributed by atoms with E-state index >= 15 is 0 Å². The molecular formula is C18H27N. The first-order valence-electron chi connectivity index (χ1n) is 6.67. The largest absolute Gasteiger partial charge is 0.283 e. The van der Waals surface area contributed by atoms with Crippen molar-refractivity contribution in [3.8, 4) is 0 Å². The van der Waals surface area contributed by atoms with Crippen LogP contribution in [0.2, 0.25) is 0 Å². The highest BCUT2D eigenvalue weighted by Crippen LogP contribution is 2.21. The lowest BCUT2D eigenvalue weighted by molar-refractivity contribution is 0.153. The fourth-order valence-corrected chi connectivity index (χ4v) is 2.27. The van der Waals surface area contributed by atoms with Gasteiger partial charge in [-0.3, -0.25) is 4.90 Å². The van der Waals surface area contributed by atoms with Crippen molar-refractivity contribution in [1.82, 2.24) is 4.90 Å². The van der Waals surface area contributed by atoms with Gasteiger partial charge in [-0.2, -0.15) is 0 Å². The molecule has 0 aromatic heterocycles. The Morgan fingerprint density at radius 1 is 0.579 bits per heavy atom. The first-order chi connectivity index (χ1) is 9.19. The van der Waals surface area contributed by atoms with E-state index in [-0.39, 0.29) is 18.1 Å². The summed E-state index contributed by atoms with van der Waals surface area (Å²) in [6.45, 7) is 23.3. The molecule has 0 N–H and O–H groups in total. The Bertz CT molecular complexity index is 274. The van der Waals surface area contributed by atoms with Gasteiger partial charge in [-0.05, 0) is 19.3 Å². The van der Waals surface area contributed by atoms with Gasteiger partial charge in [0.25, 0.3) is 0 Å². The average Bonchev–Trinajstić information content (AvgIpc) is 2.43. The summed E-state index contributed by atoms with van der Waals surface area (Å²) in [5, 5.41) is 0. The Balaban J connectivity index is 5.37. The summed E-state index contributed by atoms with van der Waals surface area (Å²) in [4.78, 5) is 2.36. The van der Waals surface area contributed by atoms with Gasteiger partial charge in [-0.15, -0.1) is 39.5 Å². The molecule has 3 atom stereocenters. The van der Waals surface area contributed by atoms with Crippen LogP contribution in [0.15, 0.2) is 75.9 Å². The van der Waals surface area contributed by atoms with E-state index in [2.05, 4.69) is 44.4 Å². The molecule has 104 valence electrons. The third-order valence-corrected chi connectivity index (χ3v) is 3.19. The fourth-order valence-electron chi connectivity index (χ4n) is 2.27. The third-order valence-electron chi connectivity index (χ3n) is 3.19. The second kappa shape index (κ2) is 10.3. The van der Waals surface area contributed by atoms with Crippen molar-refractivity contribution in [3.63, 3.8) is 0 Å². The monoisotopic (exact) mass is 257 g/mol. The Hall–Kier alpha value is -1.60. The van der Waals surface area contributed by atoms with E-state index in [0.29, 0.717) is 0 Å². The molecule has 0 saturated carbocycles. The summed E-state index contributed by atoms with van der Waals surface area (Å²) in [5.74, 6) is 0. The van der Waals surface area contributed by atoms with Gasteiger partial charge in [0.05, 0.1) is 0 Å². The molecule has 0 amide bonds. The number of nitrogens with zero attached hydrogens (tertiary/aromatic N) is 1. The molecule has 1 nitrogen and oxygen atoms in total. The molecule has 0 fully saturated rings. The minimum atomic E-state index is 0.211. The standard InChI is InChI=1S/C18H27N/c1-7-13-16(10-4)19(17(11-5)14-8-2)18(12-6)15-9-3/h7-12,16-18H,1-6,13-15H2. The smallest absolute Gasteiger partial charge is 0.0322 e. The normalized spacial score (nSPS) is 15.0. The molecule has 0 spiro atoms. The molecule has 0 aliphatic rings. The highest BCUT2D eigenvalue weighted by Gasteiger charge is 2.26. The topological polar surface area (TPSA) is 3.24 Å². The lowest BCUT2D eigenvalue weighted by Gasteiger charge is -2.39. The van der Waals surface area contributed by atoms with Crippen LogP contribution in [0.25, 0.3) is 0 Å². The lowest BCUT2D eigenvalue weighted by atomic mass is 10.0. The molecule has 1 heteroatoms. The quantitative estimate of drug-likeness (QED) is 0.459. The number of rotatable bonds is 12. The minimum Gasteiger partial charge on any atom is -0.283 e. The fraction of sp³-hybridized carbons (Fsp3) is 0.333. The molecule has 0 aromatic carbocycles. The minimum absolute atomic E-state index is 0.211. The molecule has 0 aliphatic carbocycles. The summed E-state index contributed by atoms with van der Waals surface area (Å²) in [5.41, 5.74) is 0. The number of hydrogen-bond acceptors (Lipinski definition) is 1. The SMILES string of the molecule is C=CCC(C=C)N(C(C=C)CC=C)C(C=C)CC=C. The van der Waals surface area contributed by atoms with Gasteiger partial charge < -0.3 is 0 Å². The third kappa shape index (κ3) is 5.27. The van der Waals surface area contributed by atoms with Crippen LogP contribution in [0, 0.1) is 0 Å². The van der Waals surface area contributed by atoms with Gasteiger partial charge in [0, 0.05) is 18.1 Å². The van der Waals surface area contributed by atoms with E-state index in [1.54, 1.807) is 0 Å². The van der Waals surface area contributed by atoms with Crippen LogP contribution < -0.4 is 0 Å². The average molecular weight is 257 g/mol. The first-order valence-corrected chi connectivity index (χ1v) is 6.67. The van der Waals surface area contributed by atoms with Crippen molar-refractivity contribution in [2.45, 2.75) is 37.4 Å². The van der Waals surface area contributed by atoms with Crippen molar-refractivity contribution >= 4 is 0 Å². The predicted molar refractivity (Wildman–Crippen MR) is 88.2 cm³/mol. The molecule has 0 bridgehead atoms. The Labute approximate surface area is 119 Å². The zero-order valence-corrected chi connectivity index (χ0v) is 12.0. The van der Waals surface area contributed by atoms with E-state index < -0.39 is 0 Å². The maximum absolute atomic E-state index is 3.94. The molecule has 0 radical (unpaired) electrons. The highest BCUT2D eigenvalue weighted by molar-refractivity contribution is 5.07. The summed E-state index contributed by atoms with van der Waals surface area (Å²) >= 11 is 0. The molecule has 0 heterocycles. The van der Waals surface area contributed by atoms with Gasteiger partial charge in [0.2, 0.25) is 0 Å². The molecule has 0 aliphatic heterocycles. The summed E-state index contributed by atoms with van der Waals surface area (Å²) in [7, 11) is 0. The van der Waals surface area contributed by atoms with Crippen LogP contribution in [0.3, 0.4) is 0 Å². The maximum atomic E-state index is 3.94. The lowest BCUT2D eigenvalue weighted by Crippen LogP contribution is -2.47. The summed E-state index contributed by atoms with van der Waals surface area (Å²) < 4.78 is 0. The van der Waals surface area contributed by atoms with E-state index in [0.717, 1.165) is 19.3 Å². The van der Waals surface area contributed by atoms with Gasteiger partial charge in [-0.1, -0.05) is 36.5 Å². The van der Waals surface area contributed by atoms with Crippen molar-refractivity contribution < 1.29 is 0 Å². The molecule has 0 rings (SSSR count).